The highest BCUT2D eigenvalue weighted by molar-refractivity contribution is 8.01. The largest absolute Gasteiger partial charge is 0.299 e. The third-order valence-electron chi connectivity index (χ3n) is 5.52. The number of ketones is 7. The first-order valence-electron chi connectivity index (χ1n) is 13.9. The van der Waals surface area contributed by atoms with Gasteiger partial charge in [-0.1, -0.05) is 0 Å². The van der Waals surface area contributed by atoms with Crippen LogP contribution in [0.1, 0.15) is 44.9 Å². The van der Waals surface area contributed by atoms with Gasteiger partial charge in [0.2, 0.25) is 0 Å². The minimum atomic E-state index is 0.417. The smallest absolute Gasteiger partial charge is 0.143 e. The van der Waals surface area contributed by atoms with Crippen molar-refractivity contribution in [3.63, 3.8) is 0 Å². The van der Waals surface area contributed by atoms with Crippen LogP contribution >= 0.6 is 82.3 Å². The van der Waals surface area contributed by atoms with Crippen LogP contribution in [-0.2, 0) is 33.6 Å². The Bertz CT molecular complexity index is 630. The van der Waals surface area contributed by atoms with E-state index in [1.165, 1.54) is 0 Å². The lowest BCUT2D eigenvalue weighted by Crippen LogP contribution is -1.89. The summed E-state index contributed by atoms with van der Waals surface area (Å²) < 4.78 is 0. The second-order valence-corrected chi connectivity index (χ2v) is 17.1. The molecule has 7 rings (SSSR count). The van der Waals surface area contributed by atoms with Gasteiger partial charge in [0.15, 0.2) is 0 Å². The minimum Gasteiger partial charge on any atom is -0.299 e. The number of hydrogen-bond acceptors (Lipinski definition) is 14. The Labute approximate surface area is 280 Å². The molecule has 0 radical (unpaired) electrons. The van der Waals surface area contributed by atoms with Crippen LogP contribution in [0.2, 0.25) is 0 Å². The molecule has 0 spiro atoms. The van der Waals surface area contributed by atoms with Crippen molar-refractivity contribution in [3.05, 3.63) is 0 Å². The van der Waals surface area contributed by atoms with Gasteiger partial charge in [-0.3, -0.25) is 33.6 Å². The zero-order valence-electron chi connectivity index (χ0n) is 24.1. The zero-order valence-corrected chi connectivity index (χ0v) is 29.8. The van der Waals surface area contributed by atoms with Crippen molar-refractivity contribution in [2.75, 3.05) is 80.5 Å². The summed E-state index contributed by atoms with van der Waals surface area (Å²) in [4.78, 5) is 71.6. The molecule has 0 aromatic heterocycles. The van der Waals surface area contributed by atoms with E-state index >= 15 is 0 Å². The van der Waals surface area contributed by atoms with Crippen molar-refractivity contribution >= 4 is 123 Å². The number of carbonyl (C=O) groups excluding carboxylic acids is 7. The molecular formula is C28H42O7S7. The Morgan fingerprint density at radius 3 is 0.381 bits per heavy atom. The lowest BCUT2D eigenvalue weighted by atomic mass is 10.4. The minimum absolute atomic E-state index is 0.417. The molecule has 7 aliphatic rings. The molecule has 42 heavy (non-hydrogen) atoms. The fourth-order valence-corrected chi connectivity index (χ4v) is 9.33. The van der Waals surface area contributed by atoms with E-state index in [0.29, 0.717) is 40.5 Å². The predicted molar refractivity (Wildman–Crippen MR) is 189 cm³/mol. The Morgan fingerprint density at radius 1 is 0.238 bits per heavy atom. The summed E-state index contributed by atoms with van der Waals surface area (Å²) in [6.07, 6.45) is 5.67. The molecule has 0 unspecified atom stereocenters. The zero-order chi connectivity index (χ0) is 30.8. The van der Waals surface area contributed by atoms with Gasteiger partial charge in [0, 0.05) is 85.2 Å². The highest BCUT2D eigenvalue weighted by Crippen LogP contribution is 2.14. The highest BCUT2D eigenvalue weighted by atomic mass is 32.2. The molecule has 7 nitrogen and oxygen atoms in total. The predicted octanol–water partition coefficient (Wildman–Crippen LogP) is 4.85. The molecule has 7 aliphatic heterocycles. The van der Waals surface area contributed by atoms with Crippen LogP contribution in [0.4, 0.5) is 0 Å². The summed E-state index contributed by atoms with van der Waals surface area (Å²) in [5, 5.41) is 0. The summed E-state index contributed by atoms with van der Waals surface area (Å²) in [7, 11) is 0. The number of Topliss-reactive ketones (excluding diaryl/α,β-unsaturated/α-hetero) is 7. The van der Waals surface area contributed by atoms with E-state index in [9.17, 15) is 33.6 Å². The average Bonchev–Trinajstić information content (AvgIpc) is 3.79. The third kappa shape index (κ3) is 25.5. The van der Waals surface area contributed by atoms with Gasteiger partial charge in [0.1, 0.15) is 40.5 Å². The topological polar surface area (TPSA) is 119 Å². The Hall–Kier alpha value is 0.140. The van der Waals surface area contributed by atoms with Crippen LogP contribution in [0.3, 0.4) is 0 Å². The molecule has 0 N–H and O–H groups in total. The Kier molecular flexibility index (Phi) is 26.3. The van der Waals surface area contributed by atoms with Crippen molar-refractivity contribution in [1.82, 2.24) is 0 Å². The Morgan fingerprint density at radius 2 is 0.357 bits per heavy atom. The van der Waals surface area contributed by atoms with Gasteiger partial charge in [-0.25, -0.2) is 0 Å². The summed E-state index contributed by atoms with van der Waals surface area (Å²) in [5.74, 6) is 15.6. The molecule has 7 heterocycles. The van der Waals surface area contributed by atoms with E-state index in [1.807, 2.05) is 0 Å². The van der Waals surface area contributed by atoms with Gasteiger partial charge in [-0.15, -0.1) is 0 Å². The normalized spacial score (nSPS) is 22.3. The molecule has 238 valence electrons. The van der Waals surface area contributed by atoms with E-state index in [2.05, 4.69) is 0 Å². The monoisotopic (exact) mass is 714 g/mol. The first-order valence-corrected chi connectivity index (χ1v) is 22.0. The summed E-state index contributed by atoms with van der Waals surface area (Å²) in [6.45, 7) is 0. The van der Waals surface area contributed by atoms with Crippen LogP contribution in [-0.4, -0.2) is 121 Å². The fourth-order valence-electron chi connectivity index (χ4n) is 3.11. The molecule has 0 aliphatic carbocycles. The lowest BCUT2D eigenvalue weighted by Gasteiger charge is -1.70. The summed E-state index contributed by atoms with van der Waals surface area (Å²) in [6, 6.07) is 0. The first kappa shape index (κ1) is 40.2. The second kappa shape index (κ2) is 27.5. The molecule has 0 aromatic carbocycles. The van der Waals surface area contributed by atoms with Gasteiger partial charge in [0.25, 0.3) is 0 Å². The SMILES string of the molecule is O=C1CCSC1.O=C1CCSC1.O=C1CCSC1.O=C1CCSC1.O=C1CCSC1.O=C1CCSC1.O=C1CCSC1. The molecule has 7 fully saturated rings. The molecule has 0 atom stereocenters. The number of hydrogen-bond donors (Lipinski definition) is 0. The summed E-state index contributed by atoms with van der Waals surface area (Å²) >= 11 is 12.1. The second-order valence-electron chi connectivity index (χ2n) is 9.39. The fraction of sp³-hybridized carbons (Fsp3) is 0.750. The van der Waals surface area contributed by atoms with Crippen molar-refractivity contribution in [3.8, 4) is 0 Å². The van der Waals surface area contributed by atoms with Crippen LogP contribution in [0.15, 0.2) is 0 Å². The average molecular weight is 715 g/mol. The van der Waals surface area contributed by atoms with Crippen molar-refractivity contribution in [1.29, 1.82) is 0 Å². The molecule has 0 saturated carbocycles. The molecule has 14 heteroatoms. The molecule has 0 aromatic rings. The molecular weight excluding hydrogens is 673 g/mol. The van der Waals surface area contributed by atoms with Gasteiger partial charge in [-0.05, 0) is 0 Å². The quantitative estimate of drug-likeness (QED) is 0.340. The van der Waals surface area contributed by atoms with E-state index in [4.69, 9.17) is 0 Å². The van der Waals surface area contributed by atoms with Gasteiger partial charge < -0.3 is 0 Å². The van der Waals surface area contributed by atoms with Gasteiger partial charge >= 0.3 is 0 Å². The number of thioether (sulfide) groups is 7. The van der Waals surface area contributed by atoms with Crippen molar-refractivity contribution in [2.24, 2.45) is 0 Å². The lowest BCUT2D eigenvalue weighted by molar-refractivity contribution is -0.116. The number of rotatable bonds is 0. The van der Waals surface area contributed by atoms with E-state index in [1.54, 1.807) is 82.3 Å². The van der Waals surface area contributed by atoms with E-state index < -0.39 is 0 Å². The van der Waals surface area contributed by atoms with Crippen LogP contribution in [0.5, 0.6) is 0 Å². The maximum Gasteiger partial charge on any atom is 0.143 e. The van der Waals surface area contributed by atoms with E-state index in [-0.39, 0.29) is 0 Å². The first-order chi connectivity index (χ1) is 20.3. The standard InChI is InChI=1S/7C4H6OS/c7*5-4-1-2-6-3-4/h7*1-3H2. The van der Waals surface area contributed by atoms with Crippen molar-refractivity contribution < 1.29 is 33.6 Å². The third-order valence-corrected chi connectivity index (χ3v) is 12.7. The van der Waals surface area contributed by atoms with Crippen molar-refractivity contribution in [2.45, 2.75) is 44.9 Å². The highest BCUT2D eigenvalue weighted by Gasteiger charge is 2.11. The van der Waals surface area contributed by atoms with Crippen LogP contribution < -0.4 is 0 Å². The van der Waals surface area contributed by atoms with Crippen LogP contribution in [0.25, 0.3) is 0 Å². The molecule has 0 bridgehead atoms. The maximum atomic E-state index is 10.2. The van der Waals surface area contributed by atoms with E-state index in [0.717, 1.165) is 125 Å². The van der Waals surface area contributed by atoms with Gasteiger partial charge in [0.05, 0.1) is 40.3 Å². The maximum absolute atomic E-state index is 10.2. The van der Waals surface area contributed by atoms with Gasteiger partial charge in [-0.2, -0.15) is 82.3 Å². The Balaban J connectivity index is 0.000000245. The number of carbonyl (C=O) groups is 7. The molecule has 7 saturated heterocycles. The molecule has 0 amide bonds. The van der Waals surface area contributed by atoms with Crippen LogP contribution in [0, 0.1) is 0 Å². The summed E-state index contributed by atoms with van der Waals surface area (Å²) in [5.41, 5.74) is 0.